The number of nitrogens with one attached hydrogen (secondary N) is 1. The Balaban J connectivity index is 2.86. The molecule has 1 aromatic carbocycles. The Hall–Kier alpha value is -0.0600. The highest BCUT2D eigenvalue weighted by molar-refractivity contribution is 9.10. The van der Waals surface area contributed by atoms with E-state index in [-0.39, 0.29) is 10.7 Å². The van der Waals surface area contributed by atoms with E-state index >= 15 is 0 Å². The lowest BCUT2D eigenvalue weighted by Crippen LogP contribution is -2.20. The fourth-order valence-electron chi connectivity index (χ4n) is 0.825. The van der Waals surface area contributed by atoms with Crippen LogP contribution in [-0.4, -0.2) is 10.7 Å². The van der Waals surface area contributed by atoms with Crippen molar-refractivity contribution in [1.82, 2.24) is 0 Å². The van der Waals surface area contributed by atoms with Gasteiger partial charge in [-0.15, -0.1) is 0 Å². The SMILES string of the molecule is CC(Br)C(=O)Nc1cc(Br)ccc1Cl. The van der Waals surface area contributed by atoms with Crippen molar-refractivity contribution in [2.24, 2.45) is 0 Å². The predicted octanol–water partition coefficient (Wildman–Crippen LogP) is 3.82. The molecule has 0 aliphatic carbocycles. The summed E-state index contributed by atoms with van der Waals surface area (Å²) >= 11 is 12.4. The summed E-state index contributed by atoms with van der Waals surface area (Å²) in [7, 11) is 0. The fraction of sp³-hybridized carbons (Fsp3) is 0.222. The van der Waals surface area contributed by atoms with Crippen LogP contribution in [0, 0.1) is 0 Å². The first-order valence-electron chi connectivity index (χ1n) is 3.90. The van der Waals surface area contributed by atoms with Crippen molar-refractivity contribution in [2.45, 2.75) is 11.8 Å². The molecule has 0 aliphatic heterocycles. The first-order valence-corrected chi connectivity index (χ1v) is 5.99. The van der Waals surface area contributed by atoms with Gasteiger partial charge in [0.1, 0.15) is 0 Å². The van der Waals surface area contributed by atoms with E-state index in [9.17, 15) is 4.79 Å². The van der Waals surface area contributed by atoms with E-state index in [0.717, 1.165) is 4.47 Å². The Morgan fingerprint density at radius 3 is 2.79 bits per heavy atom. The molecule has 1 amide bonds. The second-order valence-electron chi connectivity index (χ2n) is 2.73. The molecule has 0 saturated carbocycles. The molecule has 0 heterocycles. The zero-order chi connectivity index (χ0) is 10.7. The third kappa shape index (κ3) is 3.26. The van der Waals surface area contributed by atoms with Gasteiger partial charge in [0.05, 0.1) is 15.5 Å². The second-order valence-corrected chi connectivity index (χ2v) is 5.43. The average Bonchev–Trinajstić information content (AvgIpc) is 2.11. The van der Waals surface area contributed by atoms with Crippen LogP contribution in [0.15, 0.2) is 22.7 Å². The minimum atomic E-state index is -0.238. The third-order valence-corrected chi connectivity index (χ3v) is 2.79. The number of carbonyl (C=O) groups is 1. The van der Waals surface area contributed by atoms with Crippen LogP contribution in [0.1, 0.15) is 6.92 Å². The van der Waals surface area contributed by atoms with Gasteiger partial charge in [0.25, 0.3) is 0 Å². The van der Waals surface area contributed by atoms with E-state index in [2.05, 4.69) is 37.2 Å². The summed E-state index contributed by atoms with van der Waals surface area (Å²) in [5.74, 6) is -0.120. The Bertz CT molecular complexity index is 355. The van der Waals surface area contributed by atoms with E-state index in [1.165, 1.54) is 0 Å². The van der Waals surface area contributed by atoms with Gasteiger partial charge in [-0.05, 0) is 25.1 Å². The van der Waals surface area contributed by atoms with Crippen molar-refractivity contribution in [1.29, 1.82) is 0 Å². The summed E-state index contributed by atoms with van der Waals surface area (Å²) in [5, 5.41) is 3.23. The lowest BCUT2D eigenvalue weighted by Gasteiger charge is -2.08. The number of hydrogen-bond acceptors (Lipinski definition) is 1. The molecule has 2 nitrogen and oxygen atoms in total. The lowest BCUT2D eigenvalue weighted by molar-refractivity contribution is -0.115. The van der Waals surface area contributed by atoms with Crippen LogP contribution in [0.5, 0.6) is 0 Å². The first kappa shape index (κ1) is 12.0. The number of amides is 1. The van der Waals surface area contributed by atoms with Gasteiger partial charge in [-0.3, -0.25) is 4.79 Å². The zero-order valence-corrected chi connectivity index (χ0v) is 11.3. The normalized spacial score (nSPS) is 12.3. The quantitative estimate of drug-likeness (QED) is 0.814. The monoisotopic (exact) mass is 339 g/mol. The van der Waals surface area contributed by atoms with E-state index in [4.69, 9.17) is 11.6 Å². The Morgan fingerprint density at radius 2 is 2.21 bits per heavy atom. The minimum absolute atomic E-state index is 0.120. The Morgan fingerprint density at radius 1 is 1.57 bits per heavy atom. The fourth-order valence-corrected chi connectivity index (χ4v) is 1.47. The van der Waals surface area contributed by atoms with Crippen molar-refractivity contribution in [3.05, 3.63) is 27.7 Å². The molecule has 0 spiro atoms. The van der Waals surface area contributed by atoms with Crippen LogP contribution in [0.4, 0.5) is 5.69 Å². The van der Waals surface area contributed by atoms with Gasteiger partial charge in [-0.1, -0.05) is 43.5 Å². The summed E-state index contributed by atoms with van der Waals surface area (Å²) in [4.78, 5) is 11.1. The molecule has 76 valence electrons. The molecule has 0 fully saturated rings. The highest BCUT2D eigenvalue weighted by Crippen LogP contribution is 2.25. The van der Waals surface area contributed by atoms with E-state index in [1.54, 1.807) is 19.1 Å². The van der Waals surface area contributed by atoms with Crippen LogP contribution in [-0.2, 0) is 4.79 Å². The molecule has 1 rings (SSSR count). The van der Waals surface area contributed by atoms with Gasteiger partial charge in [-0.25, -0.2) is 0 Å². The zero-order valence-electron chi connectivity index (χ0n) is 7.35. The molecule has 0 bridgehead atoms. The van der Waals surface area contributed by atoms with Crippen molar-refractivity contribution in [3.8, 4) is 0 Å². The van der Waals surface area contributed by atoms with Crippen LogP contribution < -0.4 is 5.32 Å². The van der Waals surface area contributed by atoms with Crippen LogP contribution in [0.25, 0.3) is 0 Å². The van der Waals surface area contributed by atoms with Crippen LogP contribution in [0.2, 0.25) is 5.02 Å². The van der Waals surface area contributed by atoms with Crippen molar-refractivity contribution < 1.29 is 4.79 Å². The number of hydrogen-bond donors (Lipinski definition) is 1. The molecule has 1 N–H and O–H groups in total. The molecule has 0 aliphatic rings. The Kier molecular flexibility index (Phi) is 4.41. The average molecular weight is 341 g/mol. The third-order valence-electron chi connectivity index (χ3n) is 1.55. The minimum Gasteiger partial charge on any atom is -0.324 e. The van der Waals surface area contributed by atoms with Gasteiger partial charge < -0.3 is 5.32 Å². The van der Waals surface area contributed by atoms with E-state index < -0.39 is 0 Å². The summed E-state index contributed by atoms with van der Waals surface area (Å²) in [6.45, 7) is 1.75. The van der Waals surface area contributed by atoms with E-state index in [1.807, 2.05) is 6.07 Å². The summed E-state index contributed by atoms with van der Waals surface area (Å²) in [6, 6.07) is 5.30. The summed E-state index contributed by atoms with van der Waals surface area (Å²) < 4.78 is 0.874. The summed E-state index contributed by atoms with van der Waals surface area (Å²) in [5.41, 5.74) is 0.609. The Labute approximate surface area is 104 Å². The van der Waals surface area contributed by atoms with Gasteiger partial charge >= 0.3 is 0 Å². The highest BCUT2D eigenvalue weighted by Gasteiger charge is 2.10. The molecule has 0 aromatic heterocycles. The van der Waals surface area contributed by atoms with Gasteiger partial charge in [-0.2, -0.15) is 0 Å². The number of rotatable bonds is 2. The maximum absolute atomic E-state index is 11.3. The second kappa shape index (κ2) is 5.14. The van der Waals surface area contributed by atoms with Gasteiger partial charge in [0.15, 0.2) is 0 Å². The number of anilines is 1. The predicted molar refractivity (Wildman–Crippen MR) is 66.2 cm³/mol. The molecule has 14 heavy (non-hydrogen) atoms. The van der Waals surface area contributed by atoms with Crippen LogP contribution >= 0.6 is 43.5 Å². The van der Waals surface area contributed by atoms with E-state index in [0.29, 0.717) is 10.7 Å². The van der Waals surface area contributed by atoms with Crippen molar-refractivity contribution in [2.75, 3.05) is 5.32 Å². The van der Waals surface area contributed by atoms with Crippen LogP contribution in [0.3, 0.4) is 0 Å². The van der Waals surface area contributed by atoms with Gasteiger partial charge in [0.2, 0.25) is 5.91 Å². The lowest BCUT2D eigenvalue weighted by atomic mass is 10.3. The molecule has 1 atom stereocenters. The molecule has 0 radical (unpaired) electrons. The number of halogens is 3. The largest absolute Gasteiger partial charge is 0.324 e. The smallest absolute Gasteiger partial charge is 0.237 e. The molecular weight excluding hydrogens is 333 g/mol. The molecule has 0 saturated heterocycles. The van der Waals surface area contributed by atoms with Crippen molar-refractivity contribution >= 4 is 55.1 Å². The molecular formula is C9H8Br2ClNO. The maximum atomic E-state index is 11.3. The molecule has 5 heteroatoms. The van der Waals surface area contributed by atoms with Gasteiger partial charge in [0, 0.05) is 4.47 Å². The number of carbonyl (C=O) groups excluding carboxylic acids is 1. The number of benzene rings is 1. The first-order chi connectivity index (χ1) is 6.50. The standard InChI is InChI=1S/C9H8Br2ClNO/c1-5(10)9(14)13-8-4-6(11)2-3-7(8)12/h2-5H,1H3,(H,13,14). The molecule has 1 unspecified atom stereocenters. The molecule has 1 aromatic rings. The topological polar surface area (TPSA) is 29.1 Å². The number of alkyl halides is 1. The summed E-state index contributed by atoms with van der Waals surface area (Å²) in [6.07, 6.45) is 0. The highest BCUT2D eigenvalue weighted by atomic mass is 79.9. The van der Waals surface area contributed by atoms with Crippen molar-refractivity contribution in [3.63, 3.8) is 0 Å². The maximum Gasteiger partial charge on any atom is 0.237 e.